The van der Waals surface area contributed by atoms with Gasteiger partial charge in [-0.1, -0.05) is 68.8 Å². The maximum Gasteiger partial charge on any atom is 0.255 e. The number of rotatable bonds is 11. The van der Waals surface area contributed by atoms with Gasteiger partial charge in [0.15, 0.2) is 0 Å². The monoisotopic (exact) mass is 474 g/mol. The van der Waals surface area contributed by atoms with Gasteiger partial charge in [0, 0.05) is 17.7 Å². The Hall–Kier alpha value is -3.80. The third-order valence-corrected chi connectivity index (χ3v) is 5.88. The van der Waals surface area contributed by atoms with Crippen LogP contribution in [0.15, 0.2) is 72.8 Å². The zero-order valence-electron chi connectivity index (χ0n) is 20.8. The Balaban J connectivity index is 1.95. The van der Waals surface area contributed by atoms with Crippen molar-refractivity contribution in [3.05, 3.63) is 83.9 Å². The summed E-state index contributed by atoms with van der Waals surface area (Å²) in [7, 11) is 0. The van der Waals surface area contributed by atoms with Gasteiger partial charge in [0.05, 0.1) is 30.5 Å². The summed E-state index contributed by atoms with van der Waals surface area (Å²) in [6, 6.07) is 22.2. The zero-order chi connectivity index (χ0) is 25.2. The molecule has 6 heteroatoms. The predicted molar refractivity (Wildman–Crippen MR) is 140 cm³/mol. The third kappa shape index (κ3) is 6.63. The maximum absolute atomic E-state index is 13.5. The Labute approximate surface area is 207 Å². The second-order valence-electron chi connectivity index (χ2n) is 8.29. The normalized spacial score (nSPS) is 12.3. The van der Waals surface area contributed by atoms with Crippen molar-refractivity contribution >= 4 is 23.2 Å². The van der Waals surface area contributed by atoms with Crippen LogP contribution in [0, 0.1) is 5.92 Å². The van der Waals surface area contributed by atoms with E-state index in [0.717, 1.165) is 12.0 Å². The van der Waals surface area contributed by atoms with Crippen LogP contribution < -0.4 is 20.1 Å². The van der Waals surface area contributed by atoms with E-state index in [1.54, 1.807) is 24.3 Å². The fourth-order valence-corrected chi connectivity index (χ4v) is 3.93. The molecule has 0 saturated carbocycles. The van der Waals surface area contributed by atoms with Gasteiger partial charge in [0.2, 0.25) is 5.91 Å². The number of hydrogen-bond donors (Lipinski definition) is 2. The van der Waals surface area contributed by atoms with Crippen molar-refractivity contribution in [1.82, 2.24) is 0 Å². The van der Waals surface area contributed by atoms with Gasteiger partial charge in [-0.2, -0.15) is 0 Å². The molecular formula is C29H34N2O4. The van der Waals surface area contributed by atoms with Crippen LogP contribution in [-0.2, 0) is 4.79 Å². The number of carbonyl (C=O) groups is 2. The predicted octanol–water partition coefficient (Wildman–Crippen LogP) is 6.50. The number of ether oxygens (including phenoxy) is 2. The summed E-state index contributed by atoms with van der Waals surface area (Å²) in [4.78, 5) is 26.3. The molecule has 0 saturated heterocycles. The lowest BCUT2D eigenvalue weighted by Gasteiger charge is -2.24. The molecule has 0 aromatic heterocycles. The van der Waals surface area contributed by atoms with Gasteiger partial charge in [-0.25, -0.2) is 0 Å². The molecule has 2 atom stereocenters. The number of carbonyl (C=O) groups excluding carboxylic acids is 2. The summed E-state index contributed by atoms with van der Waals surface area (Å²) in [6.45, 7) is 8.69. The van der Waals surface area contributed by atoms with Crippen molar-refractivity contribution in [3.8, 4) is 11.5 Å². The smallest absolute Gasteiger partial charge is 0.255 e. The van der Waals surface area contributed by atoms with E-state index in [9.17, 15) is 9.59 Å². The molecule has 2 unspecified atom stereocenters. The van der Waals surface area contributed by atoms with E-state index < -0.39 is 0 Å². The van der Waals surface area contributed by atoms with Crippen LogP contribution in [0.1, 0.15) is 56.0 Å². The minimum Gasteiger partial charge on any atom is -0.492 e. The average Bonchev–Trinajstić information content (AvgIpc) is 2.87. The fraction of sp³-hybridized carbons (Fsp3) is 0.310. The Morgan fingerprint density at radius 1 is 0.771 bits per heavy atom. The molecule has 3 rings (SSSR count). The highest BCUT2D eigenvalue weighted by atomic mass is 16.5. The fourth-order valence-electron chi connectivity index (χ4n) is 3.93. The van der Waals surface area contributed by atoms with Gasteiger partial charge in [-0.05, 0) is 37.5 Å². The molecule has 0 aliphatic rings. The molecule has 3 aromatic rings. The Morgan fingerprint density at radius 2 is 1.29 bits per heavy atom. The third-order valence-electron chi connectivity index (χ3n) is 5.88. The minimum absolute atomic E-state index is 0.116. The molecule has 0 bridgehead atoms. The first kappa shape index (κ1) is 25.8. The molecule has 0 fully saturated rings. The average molecular weight is 475 g/mol. The van der Waals surface area contributed by atoms with Crippen molar-refractivity contribution in [1.29, 1.82) is 0 Å². The first-order valence-electron chi connectivity index (χ1n) is 12.1. The summed E-state index contributed by atoms with van der Waals surface area (Å²) in [5.41, 5.74) is 2.48. The lowest BCUT2D eigenvalue weighted by molar-refractivity contribution is -0.118. The second kappa shape index (κ2) is 12.6. The van der Waals surface area contributed by atoms with E-state index >= 15 is 0 Å². The van der Waals surface area contributed by atoms with Gasteiger partial charge >= 0.3 is 0 Å². The highest BCUT2D eigenvalue weighted by molar-refractivity contribution is 6.06. The first-order chi connectivity index (χ1) is 17.0. The van der Waals surface area contributed by atoms with Gasteiger partial charge in [0.25, 0.3) is 5.91 Å². The van der Waals surface area contributed by atoms with E-state index in [1.807, 2.05) is 62.4 Å². The van der Waals surface area contributed by atoms with Crippen molar-refractivity contribution in [2.75, 3.05) is 23.8 Å². The molecule has 0 radical (unpaired) electrons. The molecule has 35 heavy (non-hydrogen) atoms. The number of anilines is 2. The van der Waals surface area contributed by atoms with Crippen molar-refractivity contribution in [2.24, 2.45) is 5.92 Å². The Morgan fingerprint density at radius 3 is 1.80 bits per heavy atom. The SMILES string of the molecule is CCOc1cc(NC(=O)C(c2ccccc2)C(C)CC)c(OCC)cc1NC(=O)c1ccccc1. The first-order valence-corrected chi connectivity index (χ1v) is 12.1. The number of hydrogen-bond acceptors (Lipinski definition) is 4. The summed E-state index contributed by atoms with van der Waals surface area (Å²) in [5, 5.41) is 5.97. The zero-order valence-corrected chi connectivity index (χ0v) is 20.8. The van der Waals surface area contributed by atoms with Gasteiger partial charge in [-0.3, -0.25) is 9.59 Å². The van der Waals surface area contributed by atoms with Crippen molar-refractivity contribution in [3.63, 3.8) is 0 Å². The quantitative estimate of drug-likeness (QED) is 0.332. The van der Waals surface area contributed by atoms with Crippen LogP contribution in [0.5, 0.6) is 11.5 Å². The van der Waals surface area contributed by atoms with Gasteiger partial charge in [0.1, 0.15) is 11.5 Å². The molecule has 2 amide bonds. The lowest BCUT2D eigenvalue weighted by atomic mass is 9.85. The van der Waals surface area contributed by atoms with Crippen LogP contribution in [-0.4, -0.2) is 25.0 Å². The molecule has 0 spiro atoms. The molecule has 6 nitrogen and oxygen atoms in total. The second-order valence-corrected chi connectivity index (χ2v) is 8.29. The van der Waals surface area contributed by atoms with Crippen LogP contribution in [0.25, 0.3) is 0 Å². The van der Waals surface area contributed by atoms with E-state index in [-0.39, 0.29) is 23.7 Å². The molecular weight excluding hydrogens is 440 g/mol. The molecule has 0 aliphatic carbocycles. The van der Waals surface area contributed by atoms with Crippen LogP contribution in [0.3, 0.4) is 0 Å². The van der Waals surface area contributed by atoms with E-state index in [0.29, 0.717) is 41.7 Å². The summed E-state index contributed by atoms with van der Waals surface area (Å²) >= 11 is 0. The number of amides is 2. The minimum atomic E-state index is -0.316. The molecule has 0 aliphatic heterocycles. The highest BCUT2D eigenvalue weighted by Gasteiger charge is 2.27. The lowest BCUT2D eigenvalue weighted by Crippen LogP contribution is -2.26. The van der Waals surface area contributed by atoms with E-state index in [1.165, 1.54) is 0 Å². The van der Waals surface area contributed by atoms with E-state index in [2.05, 4.69) is 24.5 Å². The maximum atomic E-state index is 13.5. The topological polar surface area (TPSA) is 76.7 Å². The largest absolute Gasteiger partial charge is 0.492 e. The Kier molecular flexibility index (Phi) is 9.30. The molecule has 3 aromatic carbocycles. The Bertz CT molecular complexity index is 1120. The van der Waals surface area contributed by atoms with E-state index in [4.69, 9.17) is 9.47 Å². The summed E-state index contributed by atoms with van der Waals surface area (Å²) < 4.78 is 11.7. The number of nitrogens with one attached hydrogen (secondary N) is 2. The van der Waals surface area contributed by atoms with Crippen LogP contribution in [0.2, 0.25) is 0 Å². The van der Waals surface area contributed by atoms with Crippen molar-refractivity contribution < 1.29 is 19.1 Å². The van der Waals surface area contributed by atoms with Crippen molar-refractivity contribution in [2.45, 2.75) is 40.0 Å². The summed E-state index contributed by atoms with van der Waals surface area (Å²) in [5.74, 6) is 0.369. The highest BCUT2D eigenvalue weighted by Crippen LogP contribution is 2.38. The standard InChI is InChI=1S/C29H34N2O4/c1-5-20(4)27(21-14-10-8-11-15-21)29(33)31-24-19-25(34-6-2)23(18-26(24)35-7-3)30-28(32)22-16-12-9-13-17-22/h8-20,27H,5-7H2,1-4H3,(H,30,32)(H,31,33). The van der Waals surface area contributed by atoms with Gasteiger partial charge < -0.3 is 20.1 Å². The molecule has 184 valence electrons. The van der Waals surface area contributed by atoms with Gasteiger partial charge in [-0.15, -0.1) is 0 Å². The number of benzene rings is 3. The van der Waals surface area contributed by atoms with Crippen LogP contribution >= 0.6 is 0 Å². The van der Waals surface area contributed by atoms with Crippen LogP contribution in [0.4, 0.5) is 11.4 Å². The summed E-state index contributed by atoms with van der Waals surface area (Å²) in [6.07, 6.45) is 0.861. The molecule has 0 heterocycles. The molecule has 2 N–H and O–H groups in total.